The Morgan fingerprint density at radius 3 is 2.33 bits per heavy atom. The van der Waals surface area contributed by atoms with Crippen molar-refractivity contribution in [1.82, 2.24) is 5.32 Å². The van der Waals surface area contributed by atoms with Crippen molar-refractivity contribution in [2.75, 3.05) is 21.3 Å². The van der Waals surface area contributed by atoms with Crippen LogP contribution in [0.15, 0.2) is 42.5 Å². The van der Waals surface area contributed by atoms with Crippen LogP contribution in [0.2, 0.25) is 0 Å². The van der Waals surface area contributed by atoms with Gasteiger partial charge in [-0.1, -0.05) is 30.3 Å². The van der Waals surface area contributed by atoms with Crippen LogP contribution in [-0.4, -0.2) is 21.3 Å². The third kappa shape index (κ3) is 3.34. The van der Waals surface area contributed by atoms with E-state index in [2.05, 4.69) is 5.32 Å². The number of nitrogens with one attached hydrogen (secondary N) is 1. The second kappa shape index (κ2) is 7.09. The summed E-state index contributed by atoms with van der Waals surface area (Å²) >= 11 is 0. The fourth-order valence-electron chi connectivity index (χ4n) is 2.41. The van der Waals surface area contributed by atoms with Crippen molar-refractivity contribution in [3.63, 3.8) is 0 Å². The summed E-state index contributed by atoms with van der Waals surface area (Å²) < 4.78 is 24.8. The normalized spacial score (nSPS) is 12.0. The van der Waals surface area contributed by atoms with Crippen molar-refractivity contribution in [2.45, 2.75) is 12.5 Å². The van der Waals surface area contributed by atoms with E-state index in [1.165, 1.54) is 7.11 Å². The topological polar surface area (TPSA) is 30.5 Å². The molecule has 112 valence electrons. The minimum atomic E-state index is -0.325. The van der Waals surface area contributed by atoms with Crippen molar-refractivity contribution < 1.29 is 13.9 Å². The highest BCUT2D eigenvalue weighted by atomic mass is 19.1. The molecule has 2 aromatic carbocycles. The number of hydrogen-bond donors (Lipinski definition) is 1. The van der Waals surface area contributed by atoms with Crippen LogP contribution >= 0.6 is 0 Å². The molecule has 2 rings (SSSR count). The Morgan fingerprint density at radius 1 is 1.00 bits per heavy atom. The molecule has 0 saturated carbocycles. The summed E-state index contributed by atoms with van der Waals surface area (Å²) in [7, 11) is 4.93. The van der Waals surface area contributed by atoms with Crippen molar-refractivity contribution in [1.29, 1.82) is 0 Å². The van der Waals surface area contributed by atoms with Crippen LogP contribution < -0.4 is 14.8 Å². The van der Waals surface area contributed by atoms with Crippen LogP contribution in [0.1, 0.15) is 17.2 Å². The summed E-state index contributed by atoms with van der Waals surface area (Å²) in [6.45, 7) is 0. The predicted octanol–water partition coefficient (Wildman–Crippen LogP) is 3.35. The molecule has 0 heterocycles. The molecule has 0 amide bonds. The van der Waals surface area contributed by atoms with Gasteiger partial charge in [-0.05, 0) is 31.2 Å². The van der Waals surface area contributed by atoms with Crippen LogP contribution in [-0.2, 0) is 6.42 Å². The highest BCUT2D eigenvalue weighted by Crippen LogP contribution is 2.29. The summed E-state index contributed by atoms with van der Waals surface area (Å²) in [6.07, 6.45) is 0.630. The molecule has 0 aliphatic heterocycles. The first kappa shape index (κ1) is 15.3. The van der Waals surface area contributed by atoms with Gasteiger partial charge in [0.1, 0.15) is 5.75 Å². The highest BCUT2D eigenvalue weighted by molar-refractivity contribution is 5.37. The average molecular weight is 289 g/mol. The lowest BCUT2D eigenvalue weighted by atomic mass is 9.97. The zero-order valence-electron chi connectivity index (χ0n) is 12.5. The van der Waals surface area contributed by atoms with E-state index < -0.39 is 0 Å². The van der Waals surface area contributed by atoms with Gasteiger partial charge in [-0.2, -0.15) is 0 Å². The van der Waals surface area contributed by atoms with Gasteiger partial charge >= 0.3 is 0 Å². The van der Waals surface area contributed by atoms with Gasteiger partial charge in [0.2, 0.25) is 0 Å². The van der Waals surface area contributed by atoms with E-state index in [9.17, 15) is 4.39 Å². The van der Waals surface area contributed by atoms with Crippen molar-refractivity contribution in [3.05, 3.63) is 59.4 Å². The van der Waals surface area contributed by atoms with Gasteiger partial charge in [0.15, 0.2) is 11.6 Å². The fourth-order valence-corrected chi connectivity index (χ4v) is 2.41. The van der Waals surface area contributed by atoms with E-state index in [1.54, 1.807) is 25.3 Å². The summed E-state index contributed by atoms with van der Waals surface area (Å²) in [6, 6.07) is 12.8. The number of halogens is 1. The standard InChI is InChI=1S/C17H20FNO2/c1-19-14(11-12-7-4-5-9-15(12)20-2)13-8-6-10-16(21-3)17(13)18/h4-10,14,19H,11H2,1-3H3. The Labute approximate surface area is 124 Å². The van der Waals surface area contributed by atoms with Crippen LogP contribution in [0.5, 0.6) is 11.5 Å². The van der Waals surface area contributed by atoms with Gasteiger partial charge in [-0.15, -0.1) is 0 Å². The summed E-state index contributed by atoms with van der Waals surface area (Å²) in [5.41, 5.74) is 1.62. The van der Waals surface area contributed by atoms with Gasteiger partial charge in [0, 0.05) is 11.6 Å². The third-order valence-electron chi connectivity index (χ3n) is 3.55. The van der Waals surface area contributed by atoms with Crippen LogP contribution in [0.25, 0.3) is 0 Å². The first-order valence-corrected chi connectivity index (χ1v) is 6.82. The molecule has 1 unspecified atom stereocenters. The first-order valence-electron chi connectivity index (χ1n) is 6.82. The lowest BCUT2D eigenvalue weighted by Crippen LogP contribution is -2.20. The predicted molar refractivity (Wildman–Crippen MR) is 81.5 cm³/mol. The second-order valence-corrected chi connectivity index (χ2v) is 4.72. The number of likely N-dealkylation sites (N-methyl/N-ethyl adjacent to an activating group) is 1. The maximum Gasteiger partial charge on any atom is 0.169 e. The number of benzene rings is 2. The Hall–Kier alpha value is -2.07. The second-order valence-electron chi connectivity index (χ2n) is 4.72. The third-order valence-corrected chi connectivity index (χ3v) is 3.55. The summed E-state index contributed by atoms with van der Waals surface area (Å²) in [5.74, 6) is 0.739. The molecule has 21 heavy (non-hydrogen) atoms. The minimum absolute atomic E-state index is 0.156. The molecule has 3 nitrogen and oxygen atoms in total. The molecular formula is C17H20FNO2. The number of hydrogen-bond acceptors (Lipinski definition) is 3. The molecule has 0 spiro atoms. The van der Waals surface area contributed by atoms with Crippen molar-refractivity contribution in [3.8, 4) is 11.5 Å². The highest BCUT2D eigenvalue weighted by Gasteiger charge is 2.18. The quantitative estimate of drug-likeness (QED) is 0.884. The molecule has 0 radical (unpaired) electrons. The van der Waals surface area contributed by atoms with Gasteiger partial charge in [-0.3, -0.25) is 0 Å². The number of para-hydroxylation sites is 1. The molecule has 2 aromatic rings. The molecular weight excluding hydrogens is 269 g/mol. The molecule has 0 fully saturated rings. The lowest BCUT2D eigenvalue weighted by Gasteiger charge is -2.19. The lowest BCUT2D eigenvalue weighted by molar-refractivity contribution is 0.379. The van der Waals surface area contributed by atoms with Gasteiger partial charge in [0.25, 0.3) is 0 Å². The van der Waals surface area contributed by atoms with E-state index in [4.69, 9.17) is 9.47 Å². The van der Waals surface area contributed by atoms with Crippen molar-refractivity contribution >= 4 is 0 Å². The molecule has 0 saturated heterocycles. The molecule has 0 aliphatic rings. The van der Waals surface area contributed by atoms with E-state index >= 15 is 0 Å². The maximum atomic E-state index is 14.4. The maximum absolute atomic E-state index is 14.4. The Bertz CT molecular complexity index is 601. The van der Waals surface area contributed by atoms with Gasteiger partial charge in [0.05, 0.1) is 14.2 Å². The van der Waals surface area contributed by atoms with Gasteiger partial charge in [-0.25, -0.2) is 4.39 Å². The smallest absolute Gasteiger partial charge is 0.169 e. The van der Waals surface area contributed by atoms with Crippen molar-refractivity contribution in [2.24, 2.45) is 0 Å². The molecule has 4 heteroatoms. The largest absolute Gasteiger partial charge is 0.496 e. The number of rotatable bonds is 6. The summed E-state index contributed by atoms with van der Waals surface area (Å²) in [4.78, 5) is 0. The Balaban J connectivity index is 2.32. The Kier molecular flexibility index (Phi) is 5.17. The van der Waals surface area contributed by atoms with E-state index in [-0.39, 0.29) is 17.6 Å². The minimum Gasteiger partial charge on any atom is -0.496 e. The van der Waals surface area contributed by atoms with Crippen LogP contribution in [0, 0.1) is 5.82 Å². The number of methoxy groups -OCH3 is 2. The van der Waals surface area contributed by atoms with Crippen LogP contribution in [0.3, 0.4) is 0 Å². The van der Waals surface area contributed by atoms with Crippen LogP contribution in [0.4, 0.5) is 4.39 Å². The number of ether oxygens (including phenoxy) is 2. The molecule has 0 aliphatic carbocycles. The Morgan fingerprint density at radius 2 is 1.67 bits per heavy atom. The molecule has 0 bridgehead atoms. The molecule has 1 atom stereocenters. The molecule has 0 aromatic heterocycles. The van der Waals surface area contributed by atoms with E-state index in [0.29, 0.717) is 12.0 Å². The van der Waals surface area contributed by atoms with Gasteiger partial charge < -0.3 is 14.8 Å². The fraction of sp³-hybridized carbons (Fsp3) is 0.294. The first-order chi connectivity index (χ1) is 10.2. The zero-order chi connectivity index (χ0) is 15.2. The summed E-state index contributed by atoms with van der Waals surface area (Å²) in [5, 5.41) is 3.16. The average Bonchev–Trinajstić information content (AvgIpc) is 2.53. The zero-order valence-corrected chi connectivity index (χ0v) is 12.5. The molecule has 1 N–H and O–H groups in total. The van der Waals surface area contributed by atoms with E-state index in [1.807, 2.05) is 31.3 Å². The monoisotopic (exact) mass is 289 g/mol. The SMILES string of the molecule is CNC(Cc1ccccc1OC)c1cccc(OC)c1F. The van der Waals surface area contributed by atoms with E-state index in [0.717, 1.165) is 11.3 Å².